The number of carbonyl (C=O) groups excluding carboxylic acids is 1. The third-order valence-electron chi connectivity index (χ3n) is 4.16. The molecule has 0 amide bonds. The van der Waals surface area contributed by atoms with Gasteiger partial charge in [0.25, 0.3) is 0 Å². The van der Waals surface area contributed by atoms with E-state index in [0.717, 1.165) is 5.47 Å². The fourth-order valence-corrected chi connectivity index (χ4v) is 2.32. The number of rotatable bonds is 2. The molecule has 2 aliphatic rings. The highest BCUT2D eigenvalue weighted by molar-refractivity contribution is 6.56. The number of carbonyl (C=O) groups is 1. The van der Waals surface area contributed by atoms with E-state index in [2.05, 4.69) is 5.32 Å². The maximum Gasteiger partial charge on any atom is 0.492 e. The standard InChI is InChI=1S/C15H26BNO4/c1-13(2,3)19-12(18)11-10(8-9-17-11)16-20-14(4,5)15(6,7)21-16/h8,11,17H,9H2,1-7H3. The van der Waals surface area contributed by atoms with Crippen LogP contribution in [0.1, 0.15) is 48.5 Å². The van der Waals surface area contributed by atoms with E-state index < -0.39 is 30.0 Å². The molecule has 0 aromatic carbocycles. The second-order valence-electron chi connectivity index (χ2n) is 7.67. The lowest BCUT2D eigenvalue weighted by atomic mass is 9.74. The van der Waals surface area contributed by atoms with Gasteiger partial charge in [-0.05, 0) is 53.9 Å². The van der Waals surface area contributed by atoms with Gasteiger partial charge in [0.2, 0.25) is 0 Å². The van der Waals surface area contributed by atoms with Crippen LogP contribution in [0.25, 0.3) is 0 Å². The maximum absolute atomic E-state index is 12.3. The van der Waals surface area contributed by atoms with Crippen molar-refractivity contribution in [3.63, 3.8) is 0 Å². The van der Waals surface area contributed by atoms with Crippen LogP contribution in [-0.2, 0) is 18.8 Å². The number of hydrogen-bond acceptors (Lipinski definition) is 5. The van der Waals surface area contributed by atoms with Crippen molar-refractivity contribution in [2.75, 3.05) is 6.54 Å². The van der Waals surface area contributed by atoms with E-state index in [9.17, 15) is 4.79 Å². The number of esters is 1. The third-order valence-corrected chi connectivity index (χ3v) is 4.16. The summed E-state index contributed by atoms with van der Waals surface area (Å²) in [6.07, 6.45) is 1.96. The van der Waals surface area contributed by atoms with Crippen molar-refractivity contribution >= 4 is 13.1 Å². The average Bonchev–Trinajstić information content (AvgIpc) is 2.79. The molecule has 0 saturated carbocycles. The Morgan fingerprint density at radius 3 is 2.29 bits per heavy atom. The summed E-state index contributed by atoms with van der Waals surface area (Å²) in [5, 5.41) is 3.13. The monoisotopic (exact) mass is 295 g/mol. The Kier molecular flexibility index (Phi) is 4.02. The molecule has 0 bridgehead atoms. The van der Waals surface area contributed by atoms with Crippen molar-refractivity contribution in [3.05, 3.63) is 11.5 Å². The minimum atomic E-state index is -0.512. The molecule has 118 valence electrons. The van der Waals surface area contributed by atoms with Gasteiger partial charge in [-0.25, -0.2) is 0 Å². The summed E-state index contributed by atoms with van der Waals surface area (Å²) in [5.74, 6) is -0.291. The van der Waals surface area contributed by atoms with E-state index in [1.54, 1.807) is 0 Å². The van der Waals surface area contributed by atoms with E-state index in [4.69, 9.17) is 14.0 Å². The topological polar surface area (TPSA) is 56.8 Å². The summed E-state index contributed by atoms with van der Waals surface area (Å²) in [7, 11) is -0.512. The van der Waals surface area contributed by atoms with Gasteiger partial charge in [-0.3, -0.25) is 10.1 Å². The highest BCUT2D eigenvalue weighted by Gasteiger charge is 2.54. The Balaban J connectivity index is 2.12. The fourth-order valence-electron chi connectivity index (χ4n) is 2.32. The lowest BCUT2D eigenvalue weighted by molar-refractivity contribution is -0.156. The van der Waals surface area contributed by atoms with Crippen molar-refractivity contribution in [3.8, 4) is 0 Å². The third kappa shape index (κ3) is 3.33. The van der Waals surface area contributed by atoms with Crippen LogP contribution in [0, 0.1) is 0 Å². The SMILES string of the molecule is CC(C)(C)OC(=O)C1NCC=C1B1OC(C)(C)C(C)(C)O1. The van der Waals surface area contributed by atoms with Crippen molar-refractivity contribution in [2.24, 2.45) is 0 Å². The van der Waals surface area contributed by atoms with Crippen molar-refractivity contribution in [1.29, 1.82) is 0 Å². The molecular weight excluding hydrogens is 269 g/mol. The molecule has 0 spiro atoms. The molecule has 2 aliphatic heterocycles. The molecule has 6 heteroatoms. The van der Waals surface area contributed by atoms with Crippen LogP contribution < -0.4 is 5.32 Å². The molecule has 1 atom stereocenters. The maximum atomic E-state index is 12.3. The predicted octanol–water partition coefficient (Wildman–Crippen LogP) is 1.86. The number of hydrogen-bond donors (Lipinski definition) is 1. The molecule has 0 radical (unpaired) electrons. The van der Waals surface area contributed by atoms with Gasteiger partial charge in [-0.2, -0.15) is 0 Å². The van der Waals surface area contributed by atoms with E-state index in [-0.39, 0.29) is 5.97 Å². The van der Waals surface area contributed by atoms with Crippen LogP contribution in [0.5, 0.6) is 0 Å². The van der Waals surface area contributed by atoms with Gasteiger partial charge in [0.05, 0.1) is 11.2 Å². The summed E-state index contributed by atoms with van der Waals surface area (Å²) >= 11 is 0. The molecule has 1 N–H and O–H groups in total. The second kappa shape index (κ2) is 5.11. The van der Waals surface area contributed by atoms with Crippen LogP contribution >= 0.6 is 0 Å². The Bertz CT molecular complexity index is 449. The Labute approximate surface area is 127 Å². The van der Waals surface area contributed by atoms with Gasteiger partial charge in [-0.1, -0.05) is 6.08 Å². The highest BCUT2D eigenvalue weighted by atomic mass is 16.7. The smallest absolute Gasteiger partial charge is 0.459 e. The first-order valence-electron chi connectivity index (χ1n) is 7.45. The summed E-state index contributed by atoms with van der Waals surface area (Å²) in [5.41, 5.74) is -0.537. The minimum Gasteiger partial charge on any atom is -0.459 e. The lowest BCUT2D eigenvalue weighted by Gasteiger charge is -2.32. The largest absolute Gasteiger partial charge is 0.492 e. The highest BCUT2D eigenvalue weighted by Crippen LogP contribution is 2.39. The van der Waals surface area contributed by atoms with E-state index >= 15 is 0 Å². The van der Waals surface area contributed by atoms with E-state index in [1.165, 1.54) is 0 Å². The van der Waals surface area contributed by atoms with Crippen LogP contribution in [0.4, 0.5) is 0 Å². The molecule has 0 aromatic heterocycles. The van der Waals surface area contributed by atoms with Gasteiger partial charge in [0.1, 0.15) is 11.6 Å². The average molecular weight is 295 g/mol. The molecule has 0 aromatic rings. The van der Waals surface area contributed by atoms with E-state index in [0.29, 0.717) is 6.54 Å². The summed E-state index contributed by atoms with van der Waals surface area (Å²) in [4.78, 5) is 12.3. The molecule has 1 saturated heterocycles. The van der Waals surface area contributed by atoms with Crippen molar-refractivity contribution < 1.29 is 18.8 Å². The van der Waals surface area contributed by atoms with Gasteiger partial charge in [-0.15, -0.1) is 0 Å². The minimum absolute atomic E-state index is 0.291. The number of ether oxygens (including phenoxy) is 1. The van der Waals surface area contributed by atoms with Crippen molar-refractivity contribution in [2.45, 2.75) is 71.3 Å². The predicted molar refractivity (Wildman–Crippen MR) is 81.8 cm³/mol. The zero-order chi connectivity index (χ0) is 16.1. The zero-order valence-electron chi connectivity index (χ0n) is 14.1. The van der Waals surface area contributed by atoms with Gasteiger partial charge in [0.15, 0.2) is 0 Å². The van der Waals surface area contributed by atoms with Crippen LogP contribution in [0.15, 0.2) is 11.5 Å². The number of nitrogens with one attached hydrogen (secondary N) is 1. The summed E-state index contributed by atoms with van der Waals surface area (Å²) in [6, 6.07) is -0.501. The quantitative estimate of drug-likeness (QED) is 0.622. The van der Waals surface area contributed by atoms with Gasteiger partial charge >= 0.3 is 13.1 Å². The Morgan fingerprint density at radius 2 is 1.81 bits per heavy atom. The second-order valence-corrected chi connectivity index (χ2v) is 7.67. The first-order chi connectivity index (χ1) is 9.43. The first kappa shape index (κ1) is 16.5. The Hall–Kier alpha value is -0.845. The molecule has 2 rings (SSSR count). The zero-order valence-corrected chi connectivity index (χ0v) is 14.1. The normalized spacial score (nSPS) is 27.7. The fraction of sp³-hybridized carbons (Fsp3) is 0.800. The first-order valence-corrected chi connectivity index (χ1v) is 7.45. The summed E-state index contributed by atoms with van der Waals surface area (Å²) in [6.45, 7) is 14.2. The molecule has 2 heterocycles. The molecular formula is C15H26BNO4. The molecule has 1 fully saturated rings. The van der Waals surface area contributed by atoms with Crippen LogP contribution in [0.3, 0.4) is 0 Å². The van der Waals surface area contributed by atoms with Crippen molar-refractivity contribution in [1.82, 2.24) is 5.32 Å². The molecule has 1 unspecified atom stereocenters. The molecule has 21 heavy (non-hydrogen) atoms. The van der Waals surface area contributed by atoms with Crippen LogP contribution in [0.2, 0.25) is 0 Å². The summed E-state index contributed by atoms with van der Waals surface area (Å²) < 4.78 is 17.5. The lowest BCUT2D eigenvalue weighted by Crippen LogP contribution is -2.43. The van der Waals surface area contributed by atoms with Gasteiger partial charge in [0, 0.05) is 6.54 Å². The molecule has 0 aliphatic carbocycles. The van der Waals surface area contributed by atoms with Gasteiger partial charge < -0.3 is 14.0 Å². The Morgan fingerprint density at radius 1 is 1.29 bits per heavy atom. The van der Waals surface area contributed by atoms with E-state index in [1.807, 2.05) is 54.5 Å². The van der Waals surface area contributed by atoms with Crippen LogP contribution in [-0.4, -0.2) is 42.5 Å². The molecule has 5 nitrogen and oxygen atoms in total.